The highest BCUT2D eigenvalue weighted by atomic mass is 32.2. The number of aryl methyl sites for hydroxylation is 1. The molecular formula is C20H25N3O4S. The molecule has 1 aliphatic rings. The van der Waals surface area contributed by atoms with Crippen molar-refractivity contribution in [2.75, 3.05) is 31.6 Å². The summed E-state index contributed by atoms with van der Waals surface area (Å²) in [7, 11) is -3.66. The Morgan fingerprint density at radius 3 is 2.43 bits per heavy atom. The monoisotopic (exact) mass is 403 g/mol. The lowest BCUT2D eigenvalue weighted by molar-refractivity contribution is -0.116. The molecule has 0 radical (unpaired) electrons. The summed E-state index contributed by atoms with van der Waals surface area (Å²) in [4.78, 5) is 12.3. The third kappa shape index (κ3) is 4.70. The maximum atomic E-state index is 12.8. The molecule has 1 saturated heterocycles. The van der Waals surface area contributed by atoms with Gasteiger partial charge in [0.05, 0.1) is 13.2 Å². The molecule has 0 aliphatic carbocycles. The highest BCUT2D eigenvalue weighted by Gasteiger charge is 2.37. The van der Waals surface area contributed by atoms with Gasteiger partial charge in [0.25, 0.3) is 10.2 Å². The average molecular weight is 404 g/mol. The van der Waals surface area contributed by atoms with Crippen LogP contribution in [0.1, 0.15) is 18.1 Å². The van der Waals surface area contributed by atoms with Crippen molar-refractivity contribution in [3.05, 3.63) is 59.7 Å². The summed E-state index contributed by atoms with van der Waals surface area (Å²) in [6.07, 6.45) is 0. The third-order valence-corrected chi connectivity index (χ3v) is 6.56. The first kappa shape index (κ1) is 20.3. The number of anilines is 1. The van der Waals surface area contributed by atoms with E-state index in [9.17, 15) is 13.2 Å². The van der Waals surface area contributed by atoms with Gasteiger partial charge < -0.3 is 10.1 Å². The van der Waals surface area contributed by atoms with Gasteiger partial charge in [0.1, 0.15) is 5.75 Å². The van der Waals surface area contributed by atoms with Crippen molar-refractivity contribution in [1.82, 2.24) is 8.61 Å². The minimum Gasteiger partial charge on any atom is -0.494 e. The second-order valence-electron chi connectivity index (χ2n) is 6.61. The molecule has 0 atom stereocenters. The van der Waals surface area contributed by atoms with Crippen molar-refractivity contribution in [1.29, 1.82) is 0 Å². The first-order valence-electron chi connectivity index (χ1n) is 9.22. The van der Waals surface area contributed by atoms with Crippen LogP contribution in [0.2, 0.25) is 0 Å². The largest absolute Gasteiger partial charge is 0.494 e. The molecule has 0 saturated carbocycles. The van der Waals surface area contributed by atoms with E-state index in [4.69, 9.17) is 4.74 Å². The standard InChI is InChI=1S/C20H25N3O4S/c1-3-27-19-10-8-18(9-11-19)21-20(24)15-23-13-12-22(28(23,25)26)14-17-7-5-4-6-16(17)2/h4-11H,3,12-15H2,1-2H3,(H,21,24). The molecule has 1 amide bonds. The molecule has 2 aromatic rings. The van der Waals surface area contributed by atoms with Gasteiger partial charge in [-0.15, -0.1) is 0 Å². The lowest BCUT2D eigenvalue weighted by Crippen LogP contribution is -2.37. The smallest absolute Gasteiger partial charge is 0.282 e. The van der Waals surface area contributed by atoms with Crippen LogP contribution in [0.5, 0.6) is 5.75 Å². The van der Waals surface area contributed by atoms with Crippen LogP contribution in [0, 0.1) is 6.92 Å². The summed E-state index contributed by atoms with van der Waals surface area (Å²) < 4.78 is 33.5. The zero-order valence-electron chi connectivity index (χ0n) is 16.1. The van der Waals surface area contributed by atoms with Crippen molar-refractivity contribution in [3.8, 4) is 5.75 Å². The van der Waals surface area contributed by atoms with Crippen LogP contribution >= 0.6 is 0 Å². The maximum absolute atomic E-state index is 12.8. The summed E-state index contributed by atoms with van der Waals surface area (Å²) in [5.74, 6) is 0.347. The summed E-state index contributed by atoms with van der Waals surface area (Å²) in [6, 6.07) is 14.7. The van der Waals surface area contributed by atoms with Crippen LogP contribution in [-0.2, 0) is 21.5 Å². The Labute approximate surface area is 166 Å². The Morgan fingerprint density at radius 2 is 1.75 bits per heavy atom. The molecule has 1 fully saturated rings. The van der Waals surface area contributed by atoms with E-state index in [1.165, 1.54) is 8.61 Å². The fraction of sp³-hybridized carbons (Fsp3) is 0.350. The number of nitrogens with one attached hydrogen (secondary N) is 1. The minimum absolute atomic E-state index is 0.209. The fourth-order valence-electron chi connectivity index (χ4n) is 3.08. The maximum Gasteiger partial charge on any atom is 0.282 e. The van der Waals surface area contributed by atoms with E-state index in [-0.39, 0.29) is 12.5 Å². The molecule has 1 N–H and O–H groups in total. The zero-order valence-corrected chi connectivity index (χ0v) is 16.9. The van der Waals surface area contributed by atoms with Gasteiger partial charge in [0.15, 0.2) is 0 Å². The Hall–Kier alpha value is -2.42. The van der Waals surface area contributed by atoms with Gasteiger partial charge in [0, 0.05) is 25.3 Å². The first-order chi connectivity index (χ1) is 13.4. The van der Waals surface area contributed by atoms with Crippen molar-refractivity contribution in [2.45, 2.75) is 20.4 Å². The summed E-state index contributed by atoms with van der Waals surface area (Å²) >= 11 is 0. The molecule has 7 nitrogen and oxygen atoms in total. The molecule has 2 aromatic carbocycles. The molecule has 8 heteroatoms. The number of rotatable bonds is 7. The normalized spacial score (nSPS) is 16.8. The van der Waals surface area contributed by atoms with Crippen LogP contribution in [0.3, 0.4) is 0 Å². The van der Waals surface area contributed by atoms with Crippen LogP contribution in [0.4, 0.5) is 5.69 Å². The lowest BCUT2D eigenvalue weighted by atomic mass is 10.1. The van der Waals surface area contributed by atoms with E-state index in [1.54, 1.807) is 24.3 Å². The number of hydrogen-bond donors (Lipinski definition) is 1. The van der Waals surface area contributed by atoms with E-state index in [0.717, 1.165) is 16.9 Å². The highest BCUT2D eigenvalue weighted by Crippen LogP contribution is 2.21. The van der Waals surface area contributed by atoms with Gasteiger partial charge in [-0.25, -0.2) is 0 Å². The molecule has 0 spiro atoms. The van der Waals surface area contributed by atoms with Gasteiger partial charge >= 0.3 is 0 Å². The Kier molecular flexibility index (Phi) is 6.33. The average Bonchev–Trinajstić information content (AvgIpc) is 2.93. The molecule has 0 bridgehead atoms. The Morgan fingerprint density at radius 1 is 1.07 bits per heavy atom. The van der Waals surface area contributed by atoms with Gasteiger partial charge in [-0.05, 0) is 49.2 Å². The molecule has 150 valence electrons. The molecule has 0 unspecified atom stereocenters. The fourth-order valence-corrected chi connectivity index (χ4v) is 4.61. The minimum atomic E-state index is -3.66. The number of carbonyl (C=O) groups is 1. The number of hydrogen-bond acceptors (Lipinski definition) is 4. The summed E-state index contributed by atoms with van der Waals surface area (Å²) in [5.41, 5.74) is 2.61. The van der Waals surface area contributed by atoms with Gasteiger partial charge in [-0.2, -0.15) is 17.0 Å². The van der Waals surface area contributed by atoms with Gasteiger partial charge in [0.2, 0.25) is 5.91 Å². The molecule has 3 rings (SSSR count). The van der Waals surface area contributed by atoms with E-state index in [0.29, 0.717) is 31.9 Å². The van der Waals surface area contributed by atoms with Crippen molar-refractivity contribution >= 4 is 21.8 Å². The first-order valence-corrected chi connectivity index (χ1v) is 10.6. The molecule has 28 heavy (non-hydrogen) atoms. The summed E-state index contributed by atoms with van der Waals surface area (Å²) in [6.45, 7) is 5.19. The predicted octanol–water partition coefficient (Wildman–Crippen LogP) is 2.39. The molecular weight excluding hydrogens is 378 g/mol. The predicted molar refractivity (Wildman–Crippen MR) is 108 cm³/mol. The zero-order chi connectivity index (χ0) is 20.1. The lowest BCUT2D eigenvalue weighted by Gasteiger charge is -2.19. The highest BCUT2D eigenvalue weighted by molar-refractivity contribution is 7.87. The number of nitrogens with zero attached hydrogens (tertiary/aromatic N) is 2. The number of ether oxygens (including phenoxy) is 1. The number of carbonyl (C=O) groups excluding carboxylic acids is 1. The van der Waals surface area contributed by atoms with E-state index in [2.05, 4.69) is 5.32 Å². The molecule has 0 aromatic heterocycles. The van der Waals surface area contributed by atoms with E-state index < -0.39 is 10.2 Å². The van der Waals surface area contributed by atoms with E-state index >= 15 is 0 Å². The van der Waals surface area contributed by atoms with Crippen LogP contribution < -0.4 is 10.1 Å². The number of benzene rings is 2. The Balaban J connectivity index is 1.60. The second-order valence-corrected chi connectivity index (χ2v) is 8.54. The van der Waals surface area contributed by atoms with Crippen LogP contribution in [0.25, 0.3) is 0 Å². The van der Waals surface area contributed by atoms with Crippen LogP contribution in [-0.4, -0.2) is 49.2 Å². The molecule has 1 heterocycles. The Bertz CT molecular complexity index is 929. The van der Waals surface area contributed by atoms with Gasteiger partial charge in [-0.3, -0.25) is 4.79 Å². The second kappa shape index (κ2) is 8.72. The van der Waals surface area contributed by atoms with Crippen molar-refractivity contribution in [2.24, 2.45) is 0 Å². The third-order valence-electron chi connectivity index (χ3n) is 4.63. The number of amides is 1. The van der Waals surface area contributed by atoms with Crippen LogP contribution in [0.15, 0.2) is 48.5 Å². The van der Waals surface area contributed by atoms with Crippen molar-refractivity contribution in [3.63, 3.8) is 0 Å². The summed E-state index contributed by atoms with van der Waals surface area (Å²) in [5, 5.41) is 2.73. The SMILES string of the molecule is CCOc1ccc(NC(=O)CN2CCN(Cc3ccccc3C)S2(=O)=O)cc1. The quantitative estimate of drug-likeness (QED) is 0.770. The molecule has 1 aliphatic heterocycles. The van der Waals surface area contributed by atoms with Crippen molar-refractivity contribution < 1.29 is 17.9 Å². The topological polar surface area (TPSA) is 79.0 Å². The van der Waals surface area contributed by atoms with E-state index in [1.807, 2.05) is 38.1 Å². The van der Waals surface area contributed by atoms with Gasteiger partial charge in [-0.1, -0.05) is 24.3 Å².